The van der Waals surface area contributed by atoms with Crippen LogP contribution in [0.1, 0.15) is 54.5 Å². The molecule has 1 unspecified atom stereocenters. The highest BCUT2D eigenvalue weighted by Crippen LogP contribution is 2.42. The second-order valence-corrected chi connectivity index (χ2v) is 12.0. The molecule has 1 atom stereocenters. The zero-order valence-corrected chi connectivity index (χ0v) is 28.3. The van der Waals surface area contributed by atoms with E-state index in [0.29, 0.717) is 6.61 Å². The number of carbonyl (C=O) groups is 2. The van der Waals surface area contributed by atoms with Crippen molar-refractivity contribution in [1.29, 1.82) is 0 Å². The topological polar surface area (TPSA) is 91.3 Å². The van der Waals surface area contributed by atoms with Crippen molar-refractivity contribution in [2.24, 2.45) is 5.92 Å². The minimum atomic E-state index is -1.02. The Morgan fingerprint density at radius 1 is 0.714 bits per heavy atom. The van der Waals surface area contributed by atoms with Crippen LogP contribution < -0.4 is 9.47 Å². The molecule has 0 heterocycles. The predicted octanol–water partition coefficient (Wildman–Crippen LogP) is 8.53. The molecule has 252 valence electrons. The fourth-order valence-electron chi connectivity index (χ4n) is 5.98. The first-order valence-electron chi connectivity index (χ1n) is 16.3. The number of methoxy groups -OCH3 is 2. The lowest BCUT2D eigenvalue weighted by Crippen LogP contribution is -2.33. The number of carboxylic acid groups (broad SMARTS) is 1. The molecule has 0 aliphatic heterocycles. The van der Waals surface area contributed by atoms with E-state index in [4.69, 9.17) is 24.1 Å². The summed E-state index contributed by atoms with van der Waals surface area (Å²) in [6.45, 7) is 4.77. The summed E-state index contributed by atoms with van der Waals surface area (Å²) >= 11 is 0. The van der Waals surface area contributed by atoms with Gasteiger partial charge in [0.1, 0.15) is 23.7 Å². The summed E-state index contributed by atoms with van der Waals surface area (Å²) in [6.07, 6.45) is 6.13. The maximum absolute atomic E-state index is 11.9. The van der Waals surface area contributed by atoms with Gasteiger partial charge in [0.25, 0.3) is 0 Å². The Bertz CT molecular complexity index is 1770. The van der Waals surface area contributed by atoms with E-state index in [0.717, 1.165) is 50.5 Å². The van der Waals surface area contributed by atoms with Gasteiger partial charge in [0.15, 0.2) is 0 Å². The number of esters is 1. The lowest BCUT2D eigenvalue weighted by molar-refractivity contribution is -0.148. The summed E-state index contributed by atoms with van der Waals surface area (Å²) < 4.78 is 23.4. The molecule has 0 aromatic heterocycles. The first kappa shape index (κ1) is 34.9. The van der Waals surface area contributed by atoms with Gasteiger partial charge in [-0.1, -0.05) is 110 Å². The summed E-state index contributed by atoms with van der Waals surface area (Å²) in [5, 5.41) is 8.78. The van der Waals surface area contributed by atoms with Gasteiger partial charge < -0.3 is 24.1 Å². The monoisotopic (exact) mass is 658 g/mol. The molecule has 1 N–H and O–H groups in total. The van der Waals surface area contributed by atoms with Gasteiger partial charge in [-0.05, 0) is 76.1 Å². The number of carbonyl (C=O) groups excluding carboxylic acids is 1. The van der Waals surface area contributed by atoms with E-state index in [1.807, 2.05) is 66.7 Å². The van der Waals surface area contributed by atoms with Crippen molar-refractivity contribution in [2.75, 3.05) is 20.8 Å². The average molecular weight is 659 g/mol. The first-order chi connectivity index (χ1) is 23.7. The van der Waals surface area contributed by atoms with Crippen LogP contribution in [-0.2, 0) is 31.3 Å². The van der Waals surface area contributed by atoms with Gasteiger partial charge in [-0.25, -0.2) is 0 Å². The van der Waals surface area contributed by atoms with Gasteiger partial charge in [-0.3, -0.25) is 9.59 Å². The Balaban J connectivity index is 1.41. The molecule has 0 bridgehead atoms. The minimum absolute atomic E-state index is 0.0948. The van der Waals surface area contributed by atoms with Crippen LogP contribution in [0, 0.1) is 5.92 Å². The van der Waals surface area contributed by atoms with E-state index >= 15 is 0 Å². The molecule has 7 heteroatoms. The summed E-state index contributed by atoms with van der Waals surface area (Å²) in [5.74, 6) is 0.128. The van der Waals surface area contributed by atoms with Crippen LogP contribution in [0.3, 0.4) is 0 Å². The zero-order valence-electron chi connectivity index (χ0n) is 28.3. The van der Waals surface area contributed by atoms with Crippen LogP contribution in [0.4, 0.5) is 0 Å². The number of hydrogen-bond acceptors (Lipinski definition) is 6. The van der Waals surface area contributed by atoms with Crippen molar-refractivity contribution < 1.29 is 33.6 Å². The number of hydrogen-bond donors (Lipinski definition) is 1. The van der Waals surface area contributed by atoms with Gasteiger partial charge >= 0.3 is 11.9 Å². The third-order valence-corrected chi connectivity index (χ3v) is 8.87. The van der Waals surface area contributed by atoms with Gasteiger partial charge in [0.05, 0.1) is 33.7 Å². The Labute approximate surface area is 288 Å². The summed E-state index contributed by atoms with van der Waals surface area (Å²) in [4.78, 5) is 22.6. The van der Waals surface area contributed by atoms with Gasteiger partial charge in [-0.2, -0.15) is 0 Å². The summed E-state index contributed by atoms with van der Waals surface area (Å²) in [6, 6.07) is 34.2. The molecule has 4 aromatic rings. The van der Waals surface area contributed by atoms with Crippen molar-refractivity contribution in [1.82, 2.24) is 0 Å². The first-order valence-corrected chi connectivity index (χ1v) is 16.3. The van der Waals surface area contributed by atoms with Crippen molar-refractivity contribution in [2.45, 2.75) is 38.9 Å². The molecule has 0 saturated heterocycles. The van der Waals surface area contributed by atoms with Crippen molar-refractivity contribution >= 4 is 17.5 Å². The standard InChI is InChI=1S/C42H42O7/c1-29-26-32(12-23-39(30(29)2)33-13-10-31(11-14-33)27-48-41(45)25-24-40(43)44)28-49-42(34-8-6-5-7-9-34,35-15-19-37(46-3)20-16-35)36-17-21-38(47-4)22-18-36/h5-23,26,29H,24-25,27-28H2,1-4H3,(H,43,44). The molecule has 0 saturated carbocycles. The maximum Gasteiger partial charge on any atom is 0.306 e. The largest absolute Gasteiger partial charge is 0.497 e. The number of ether oxygens (including phenoxy) is 4. The van der Waals surface area contributed by atoms with Crippen molar-refractivity contribution in [3.63, 3.8) is 0 Å². The fraction of sp³-hybridized carbons (Fsp3) is 0.238. The highest BCUT2D eigenvalue weighted by atomic mass is 16.5. The molecule has 0 amide bonds. The lowest BCUT2D eigenvalue weighted by atomic mass is 9.80. The fourth-order valence-corrected chi connectivity index (χ4v) is 5.98. The molecule has 1 aliphatic carbocycles. The molecule has 0 radical (unpaired) electrons. The molecule has 7 nitrogen and oxygen atoms in total. The third-order valence-electron chi connectivity index (χ3n) is 8.87. The number of carboxylic acids is 1. The van der Waals surface area contributed by atoms with Crippen LogP contribution in [-0.4, -0.2) is 37.9 Å². The Kier molecular flexibility index (Phi) is 11.5. The molecule has 0 spiro atoms. The zero-order chi connectivity index (χ0) is 34.8. The van der Waals surface area contributed by atoms with Crippen LogP contribution in [0.15, 0.2) is 133 Å². The second-order valence-electron chi connectivity index (χ2n) is 12.0. The normalized spacial score (nSPS) is 14.5. The number of aliphatic carboxylic acids is 1. The Hall–Kier alpha value is -5.40. The van der Waals surface area contributed by atoms with Crippen LogP contribution in [0.2, 0.25) is 0 Å². The summed E-state index contributed by atoms with van der Waals surface area (Å²) in [7, 11) is 3.32. The molecule has 5 rings (SSSR count). The van der Waals surface area contributed by atoms with Crippen LogP contribution in [0.5, 0.6) is 11.5 Å². The van der Waals surface area contributed by atoms with E-state index in [-0.39, 0.29) is 25.4 Å². The Morgan fingerprint density at radius 2 is 1.29 bits per heavy atom. The second kappa shape index (κ2) is 16.1. The highest BCUT2D eigenvalue weighted by Gasteiger charge is 2.38. The van der Waals surface area contributed by atoms with E-state index in [1.54, 1.807) is 14.2 Å². The lowest BCUT2D eigenvalue weighted by Gasteiger charge is -2.36. The molecule has 4 aromatic carbocycles. The van der Waals surface area contributed by atoms with Crippen molar-refractivity contribution in [3.05, 3.63) is 160 Å². The quantitative estimate of drug-likeness (QED) is 0.107. The van der Waals surface area contributed by atoms with E-state index < -0.39 is 17.5 Å². The predicted molar refractivity (Wildman–Crippen MR) is 190 cm³/mol. The molecular weight excluding hydrogens is 616 g/mol. The van der Waals surface area contributed by atoms with Gasteiger partial charge in [0.2, 0.25) is 0 Å². The van der Waals surface area contributed by atoms with E-state index in [9.17, 15) is 9.59 Å². The molecule has 1 aliphatic rings. The number of rotatable bonds is 14. The van der Waals surface area contributed by atoms with Crippen LogP contribution >= 0.6 is 0 Å². The smallest absolute Gasteiger partial charge is 0.306 e. The molecule has 49 heavy (non-hydrogen) atoms. The minimum Gasteiger partial charge on any atom is -0.497 e. The van der Waals surface area contributed by atoms with Gasteiger partial charge in [0, 0.05) is 0 Å². The number of allylic oxidation sites excluding steroid dienone is 4. The summed E-state index contributed by atoms with van der Waals surface area (Å²) in [5.41, 5.74) is 7.28. The van der Waals surface area contributed by atoms with Gasteiger partial charge in [-0.15, -0.1) is 0 Å². The van der Waals surface area contributed by atoms with E-state index in [1.165, 1.54) is 5.57 Å². The highest BCUT2D eigenvalue weighted by molar-refractivity contribution is 5.78. The number of benzene rings is 4. The van der Waals surface area contributed by atoms with Crippen LogP contribution in [0.25, 0.3) is 5.57 Å². The Morgan fingerprint density at radius 3 is 1.84 bits per heavy atom. The SMILES string of the molecule is COc1ccc(C(OCC2=CC(C)C(C)=C(c3ccc(COC(=O)CCC(=O)O)cc3)C=C2)(c2ccccc2)c2ccc(OC)cc2)cc1. The van der Waals surface area contributed by atoms with E-state index in [2.05, 4.69) is 68.5 Å². The van der Waals surface area contributed by atoms with Crippen molar-refractivity contribution in [3.8, 4) is 11.5 Å². The third kappa shape index (κ3) is 8.37. The molecular formula is C42H42O7. The maximum atomic E-state index is 11.9. The average Bonchev–Trinajstić information content (AvgIpc) is 3.28. The molecule has 0 fully saturated rings.